The number of aliphatic hydroxyl groups excluding tert-OH is 1. The number of ketones is 2. The summed E-state index contributed by atoms with van der Waals surface area (Å²) in [4.78, 5) is 38.4. The van der Waals surface area contributed by atoms with Crippen LogP contribution >= 0.6 is 0 Å². The largest absolute Gasteiger partial charge is 0.450 e. The standard InChI is InChI=1S/C26H36F2O8S/c1-6-22(32)36-26(21(31)13-35-37(5,33)34)14(2)9-16-17-11-19(27)18-10-15(29)7-8-23(18,3)25(17,28)20(30)12-24(16,26)4/h10,14,16-17,19-20,30H,6-9,11-13H2,1-5H3/t14?,16-,17-,19?,20?,23-,24-,25-,26-/m0/s1. The van der Waals surface area contributed by atoms with E-state index in [0.717, 1.165) is 6.26 Å². The summed E-state index contributed by atoms with van der Waals surface area (Å²) >= 11 is 0. The highest BCUT2D eigenvalue weighted by Crippen LogP contribution is 2.72. The number of fused-ring (bicyclic) bond motifs is 5. The van der Waals surface area contributed by atoms with Crippen LogP contribution in [0.2, 0.25) is 0 Å². The Bertz CT molecular complexity index is 1150. The first-order chi connectivity index (χ1) is 17.0. The van der Waals surface area contributed by atoms with E-state index < -0.39 is 80.6 Å². The second-order valence-corrected chi connectivity index (χ2v) is 13.5. The van der Waals surface area contributed by atoms with Gasteiger partial charge in [0.1, 0.15) is 18.4 Å². The summed E-state index contributed by atoms with van der Waals surface area (Å²) in [7, 11) is -4.00. The van der Waals surface area contributed by atoms with Gasteiger partial charge in [0.05, 0.1) is 12.4 Å². The Hall–Kier alpha value is -1.72. The van der Waals surface area contributed by atoms with E-state index in [1.807, 2.05) is 0 Å². The number of esters is 1. The van der Waals surface area contributed by atoms with Gasteiger partial charge < -0.3 is 9.84 Å². The molecule has 0 saturated heterocycles. The van der Waals surface area contributed by atoms with E-state index >= 15 is 8.78 Å². The normalized spacial score (nSPS) is 45.4. The number of aliphatic hydroxyl groups is 1. The van der Waals surface area contributed by atoms with E-state index in [1.54, 1.807) is 27.7 Å². The molecule has 3 saturated carbocycles. The van der Waals surface area contributed by atoms with Crippen LogP contribution in [0.3, 0.4) is 0 Å². The molecule has 9 atom stereocenters. The molecular formula is C26H36F2O8S. The summed E-state index contributed by atoms with van der Waals surface area (Å²) in [5.74, 6) is -4.15. The van der Waals surface area contributed by atoms with Gasteiger partial charge in [-0.3, -0.25) is 18.6 Å². The van der Waals surface area contributed by atoms with Gasteiger partial charge in [0.2, 0.25) is 5.78 Å². The molecule has 1 N–H and O–H groups in total. The lowest BCUT2D eigenvalue weighted by molar-refractivity contribution is -0.239. The lowest BCUT2D eigenvalue weighted by Crippen LogP contribution is -2.71. The second kappa shape index (κ2) is 8.91. The van der Waals surface area contributed by atoms with Crippen LogP contribution < -0.4 is 0 Å². The molecule has 0 radical (unpaired) electrons. The molecule has 0 aromatic heterocycles. The van der Waals surface area contributed by atoms with E-state index in [0.29, 0.717) is 0 Å². The number of ether oxygens (including phenoxy) is 1. The molecule has 3 unspecified atom stereocenters. The fraction of sp³-hybridized carbons (Fsp3) is 0.808. The smallest absolute Gasteiger partial charge is 0.306 e. The van der Waals surface area contributed by atoms with Gasteiger partial charge >= 0.3 is 5.97 Å². The Morgan fingerprint density at radius 3 is 2.46 bits per heavy atom. The molecule has 0 amide bonds. The summed E-state index contributed by atoms with van der Waals surface area (Å²) < 4.78 is 66.9. The zero-order valence-corrected chi connectivity index (χ0v) is 22.7. The Labute approximate surface area is 216 Å². The molecule has 37 heavy (non-hydrogen) atoms. The number of carbonyl (C=O) groups is 3. The molecule has 3 fully saturated rings. The average Bonchev–Trinajstić information content (AvgIpc) is 3.02. The first kappa shape index (κ1) is 28.3. The number of hydrogen-bond acceptors (Lipinski definition) is 8. The zero-order chi connectivity index (χ0) is 27.8. The molecule has 8 nitrogen and oxygen atoms in total. The Balaban J connectivity index is 1.84. The minimum atomic E-state index is -4.00. The lowest BCUT2D eigenvalue weighted by Gasteiger charge is -2.64. The van der Waals surface area contributed by atoms with Crippen molar-refractivity contribution in [1.29, 1.82) is 0 Å². The molecular weight excluding hydrogens is 510 g/mol. The highest BCUT2D eigenvalue weighted by Gasteiger charge is 2.78. The molecule has 4 aliphatic carbocycles. The Kier molecular flexibility index (Phi) is 6.81. The predicted octanol–water partition coefficient (Wildman–Crippen LogP) is 3.01. The van der Waals surface area contributed by atoms with Crippen molar-refractivity contribution in [3.05, 3.63) is 11.6 Å². The third kappa shape index (κ3) is 3.85. The molecule has 4 aliphatic rings. The fourth-order valence-electron chi connectivity index (χ4n) is 8.27. The van der Waals surface area contributed by atoms with Crippen LogP contribution in [0, 0.1) is 28.6 Å². The first-order valence-corrected chi connectivity index (χ1v) is 14.6. The third-order valence-electron chi connectivity index (χ3n) is 9.95. The topological polar surface area (TPSA) is 124 Å². The van der Waals surface area contributed by atoms with Crippen molar-refractivity contribution in [2.24, 2.45) is 28.6 Å². The van der Waals surface area contributed by atoms with E-state index in [-0.39, 0.29) is 49.9 Å². The van der Waals surface area contributed by atoms with Crippen molar-refractivity contribution in [2.75, 3.05) is 12.9 Å². The number of hydrogen-bond donors (Lipinski definition) is 1. The van der Waals surface area contributed by atoms with Gasteiger partial charge in [0.15, 0.2) is 11.4 Å². The summed E-state index contributed by atoms with van der Waals surface area (Å²) in [5.41, 5.74) is -6.84. The van der Waals surface area contributed by atoms with Gasteiger partial charge in [-0.05, 0) is 43.3 Å². The van der Waals surface area contributed by atoms with Gasteiger partial charge in [-0.25, -0.2) is 8.78 Å². The predicted molar refractivity (Wildman–Crippen MR) is 128 cm³/mol. The zero-order valence-electron chi connectivity index (χ0n) is 21.9. The van der Waals surface area contributed by atoms with Gasteiger partial charge in [-0.2, -0.15) is 8.42 Å². The van der Waals surface area contributed by atoms with Crippen LogP contribution in [0.15, 0.2) is 11.6 Å². The number of Topliss-reactive ketones (excluding diaryl/α,β-unsaturated/α-hetero) is 1. The maximum absolute atomic E-state index is 17.4. The van der Waals surface area contributed by atoms with Crippen molar-refractivity contribution >= 4 is 27.7 Å². The highest BCUT2D eigenvalue weighted by molar-refractivity contribution is 7.86. The van der Waals surface area contributed by atoms with Crippen LogP contribution in [-0.4, -0.2) is 67.5 Å². The van der Waals surface area contributed by atoms with Crippen LogP contribution in [0.25, 0.3) is 0 Å². The van der Waals surface area contributed by atoms with Gasteiger partial charge in [0.25, 0.3) is 10.1 Å². The number of halogens is 2. The van der Waals surface area contributed by atoms with Crippen LogP contribution in [0.4, 0.5) is 8.78 Å². The van der Waals surface area contributed by atoms with Crippen molar-refractivity contribution in [3.8, 4) is 0 Å². The number of carbonyl (C=O) groups excluding carboxylic acids is 3. The van der Waals surface area contributed by atoms with E-state index in [1.165, 1.54) is 6.08 Å². The SMILES string of the molecule is CCC(=O)O[C@]1(C(=O)COS(C)(=O)=O)C(C)C[C@H]2[C@@H]3CC(F)C4=CC(=O)CC[C@]4(C)[C@@]3(F)C(O)C[C@@]21C. The molecule has 0 bridgehead atoms. The molecule has 0 aromatic carbocycles. The molecule has 4 rings (SSSR count). The van der Waals surface area contributed by atoms with Crippen molar-refractivity contribution in [2.45, 2.75) is 89.8 Å². The molecule has 208 valence electrons. The minimum absolute atomic E-state index is 0.0372. The maximum atomic E-state index is 17.4. The van der Waals surface area contributed by atoms with Gasteiger partial charge in [-0.1, -0.05) is 27.7 Å². The number of rotatable bonds is 6. The van der Waals surface area contributed by atoms with Crippen LogP contribution in [0.1, 0.15) is 66.2 Å². The summed E-state index contributed by atoms with van der Waals surface area (Å²) in [6.07, 6.45) is -1.63. The van der Waals surface area contributed by atoms with E-state index in [9.17, 15) is 27.9 Å². The summed E-state index contributed by atoms with van der Waals surface area (Å²) in [6.45, 7) is 5.52. The minimum Gasteiger partial charge on any atom is -0.450 e. The lowest BCUT2D eigenvalue weighted by atomic mass is 9.43. The first-order valence-electron chi connectivity index (χ1n) is 12.8. The van der Waals surface area contributed by atoms with Gasteiger partial charge in [-0.15, -0.1) is 0 Å². The number of allylic oxidation sites excluding steroid dienone is 1. The average molecular weight is 547 g/mol. The Morgan fingerprint density at radius 2 is 1.86 bits per heavy atom. The van der Waals surface area contributed by atoms with E-state index in [2.05, 4.69) is 0 Å². The number of alkyl halides is 2. The fourth-order valence-corrected chi connectivity index (χ4v) is 8.59. The van der Waals surface area contributed by atoms with Crippen molar-refractivity contribution in [3.63, 3.8) is 0 Å². The quantitative estimate of drug-likeness (QED) is 0.398. The molecule has 0 aliphatic heterocycles. The highest BCUT2D eigenvalue weighted by atomic mass is 32.2. The molecule has 0 spiro atoms. The monoisotopic (exact) mass is 546 g/mol. The van der Waals surface area contributed by atoms with Crippen LogP contribution in [0.5, 0.6) is 0 Å². The van der Waals surface area contributed by atoms with E-state index in [4.69, 9.17) is 8.92 Å². The maximum Gasteiger partial charge on any atom is 0.306 e. The Morgan fingerprint density at radius 1 is 1.22 bits per heavy atom. The van der Waals surface area contributed by atoms with Crippen LogP contribution in [-0.2, 0) is 33.4 Å². The van der Waals surface area contributed by atoms with Gasteiger partial charge in [0, 0.05) is 35.5 Å². The van der Waals surface area contributed by atoms with Crippen molar-refractivity contribution < 1.29 is 45.6 Å². The molecule has 11 heteroatoms. The van der Waals surface area contributed by atoms with Crippen molar-refractivity contribution in [1.82, 2.24) is 0 Å². The molecule has 0 aromatic rings. The summed E-state index contributed by atoms with van der Waals surface area (Å²) in [6, 6.07) is 0. The molecule has 0 heterocycles. The summed E-state index contributed by atoms with van der Waals surface area (Å²) in [5, 5.41) is 11.5. The second-order valence-electron chi connectivity index (χ2n) is 11.8. The third-order valence-corrected chi connectivity index (χ3v) is 10.5.